The number of hydrogen-bond donors (Lipinski definition) is 2. The van der Waals surface area contributed by atoms with Gasteiger partial charge in [0.05, 0.1) is 17.8 Å². The quantitative estimate of drug-likeness (QED) is 0.682. The van der Waals surface area contributed by atoms with Crippen molar-refractivity contribution in [3.63, 3.8) is 0 Å². The molecule has 17 heavy (non-hydrogen) atoms. The van der Waals surface area contributed by atoms with Crippen LogP contribution in [0.25, 0.3) is 0 Å². The molecule has 1 fully saturated rings. The number of nitrogens with two attached hydrogens (primary N) is 1. The van der Waals surface area contributed by atoms with Gasteiger partial charge in [-0.3, -0.25) is 9.48 Å². The van der Waals surface area contributed by atoms with Gasteiger partial charge in [0.1, 0.15) is 10.8 Å². The topological polar surface area (TPSA) is 76.2 Å². The second kappa shape index (κ2) is 4.33. The molecular formula is C10H15N5OS. The van der Waals surface area contributed by atoms with Crippen molar-refractivity contribution in [2.75, 3.05) is 24.5 Å². The average molecular weight is 253 g/mol. The Morgan fingerprint density at radius 2 is 2.29 bits per heavy atom. The van der Waals surface area contributed by atoms with E-state index in [-0.39, 0.29) is 5.91 Å². The van der Waals surface area contributed by atoms with Crippen LogP contribution in [-0.2, 0) is 11.8 Å². The van der Waals surface area contributed by atoms with Gasteiger partial charge >= 0.3 is 0 Å². The van der Waals surface area contributed by atoms with Crippen molar-refractivity contribution < 1.29 is 4.79 Å². The maximum atomic E-state index is 11.4. The number of piperazine rings is 1. The van der Waals surface area contributed by atoms with E-state index >= 15 is 0 Å². The highest BCUT2D eigenvalue weighted by molar-refractivity contribution is 7.80. The minimum Gasteiger partial charge on any atom is -0.389 e. The van der Waals surface area contributed by atoms with Gasteiger partial charge in [-0.1, -0.05) is 12.2 Å². The molecule has 0 aromatic carbocycles. The van der Waals surface area contributed by atoms with Crippen LogP contribution in [-0.4, -0.2) is 40.3 Å². The van der Waals surface area contributed by atoms with E-state index in [0.29, 0.717) is 18.1 Å². The lowest BCUT2D eigenvalue weighted by molar-refractivity contribution is -0.120. The lowest BCUT2D eigenvalue weighted by atomic mass is 10.2. The highest BCUT2D eigenvalue weighted by atomic mass is 32.1. The molecule has 1 aliphatic heterocycles. The van der Waals surface area contributed by atoms with Crippen LogP contribution >= 0.6 is 12.2 Å². The van der Waals surface area contributed by atoms with Crippen molar-refractivity contribution in [3.8, 4) is 0 Å². The Hall–Kier alpha value is -1.63. The molecule has 0 unspecified atom stereocenters. The Bertz CT molecular complexity index is 481. The summed E-state index contributed by atoms with van der Waals surface area (Å²) < 4.78 is 1.72. The van der Waals surface area contributed by atoms with Crippen LogP contribution in [0.1, 0.15) is 11.3 Å². The zero-order valence-electron chi connectivity index (χ0n) is 9.86. The third kappa shape index (κ3) is 2.10. The smallest absolute Gasteiger partial charge is 0.239 e. The summed E-state index contributed by atoms with van der Waals surface area (Å²) in [5.74, 6) is 0.828. The predicted molar refractivity (Wildman–Crippen MR) is 69.1 cm³/mol. The first-order chi connectivity index (χ1) is 8.00. The molecule has 0 spiro atoms. The molecule has 92 valence electrons. The number of aromatic nitrogens is 2. The number of nitrogens with one attached hydrogen (secondary N) is 1. The van der Waals surface area contributed by atoms with Gasteiger partial charge in [0, 0.05) is 20.1 Å². The molecule has 0 radical (unpaired) electrons. The van der Waals surface area contributed by atoms with Crippen LogP contribution in [0.5, 0.6) is 0 Å². The summed E-state index contributed by atoms with van der Waals surface area (Å²) in [6.45, 7) is 3.54. The standard InChI is InChI=1S/C10H15N5OS/c1-6-8(9(11)17)10(14(2)13-6)15-4-3-12-7(16)5-15/h3-5H2,1-2H3,(H2,11,17)(H,12,16). The van der Waals surface area contributed by atoms with E-state index in [9.17, 15) is 4.79 Å². The van der Waals surface area contributed by atoms with Crippen LogP contribution in [0, 0.1) is 6.92 Å². The first-order valence-corrected chi connectivity index (χ1v) is 5.76. The molecule has 7 heteroatoms. The molecule has 1 aromatic rings. The minimum absolute atomic E-state index is 0.00370. The van der Waals surface area contributed by atoms with Gasteiger partial charge in [-0.25, -0.2) is 0 Å². The SMILES string of the molecule is Cc1nn(C)c(N2CCNC(=O)C2)c1C(N)=S. The molecule has 6 nitrogen and oxygen atoms in total. The highest BCUT2D eigenvalue weighted by Crippen LogP contribution is 2.23. The summed E-state index contributed by atoms with van der Waals surface area (Å²) in [6, 6.07) is 0. The van der Waals surface area contributed by atoms with E-state index in [2.05, 4.69) is 10.4 Å². The average Bonchev–Trinajstić information content (AvgIpc) is 2.53. The van der Waals surface area contributed by atoms with Gasteiger partial charge in [-0.15, -0.1) is 0 Å². The molecule has 0 bridgehead atoms. The number of carbonyl (C=O) groups is 1. The Balaban J connectivity index is 2.43. The third-order valence-corrected chi connectivity index (χ3v) is 2.98. The van der Waals surface area contributed by atoms with Crippen LogP contribution in [0.3, 0.4) is 0 Å². The lowest BCUT2D eigenvalue weighted by Crippen LogP contribution is -2.48. The van der Waals surface area contributed by atoms with Crippen LogP contribution in [0.15, 0.2) is 0 Å². The molecule has 2 rings (SSSR count). The number of nitrogens with zero attached hydrogens (tertiary/aromatic N) is 3. The molecule has 0 atom stereocenters. The fourth-order valence-corrected chi connectivity index (χ4v) is 2.36. The minimum atomic E-state index is 0.00370. The van der Waals surface area contributed by atoms with Crippen molar-refractivity contribution >= 4 is 28.9 Å². The molecule has 1 amide bonds. The van der Waals surface area contributed by atoms with Gasteiger partial charge in [0.15, 0.2) is 0 Å². The number of thiocarbonyl (C=S) groups is 1. The number of anilines is 1. The van der Waals surface area contributed by atoms with Gasteiger partial charge < -0.3 is 16.0 Å². The van der Waals surface area contributed by atoms with E-state index in [4.69, 9.17) is 18.0 Å². The van der Waals surface area contributed by atoms with Crippen molar-refractivity contribution in [1.29, 1.82) is 0 Å². The van der Waals surface area contributed by atoms with Crippen molar-refractivity contribution in [1.82, 2.24) is 15.1 Å². The van der Waals surface area contributed by atoms with Gasteiger partial charge in [-0.2, -0.15) is 5.10 Å². The normalized spacial score (nSPS) is 15.9. The zero-order valence-corrected chi connectivity index (χ0v) is 10.7. The van der Waals surface area contributed by atoms with Gasteiger partial charge in [0.2, 0.25) is 5.91 Å². The van der Waals surface area contributed by atoms with Crippen LogP contribution < -0.4 is 16.0 Å². The zero-order chi connectivity index (χ0) is 12.6. The molecule has 2 heterocycles. The molecular weight excluding hydrogens is 238 g/mol. The van der Waals surface area contributed by atoms with Crippen LogP contribution in [0.2, 0.25) is 0 Å². The molecule has 3 N–H and O–H groups in total. The van der Waals surface area contributed by atoms with E-state index < -0.39 is 0 Å². The summed E-state index contributed by atoms with van der Waals surface area (Å²) in [7, 11) is 1.83. The molecule has 1 aromatic heterocycles. The van der Waals surface area contributed by atoms with E-state index in [1.807, 2.05) is 18.9 Å². The number of rotatable bonds is 2. The maximum Gasteiger partial charge on any atom is 0.239 e. The summed E-state index contributed by atoms with van der Waals surface area (Å²) in [6.07, 6.45) is 0. The summed E-state index contributed by atoms with van der Waals surface area (Å²) in [5.41, 5.74) is 7.27. The van der Waals surface area contributed by atoms with Gasteiger partial charge in [0.25, 0.3) is 0 Å². The molecule has 1 saturated heterocycles. The monoisotopic (exact) mass is 253 g/mol. The van der Waals surface area contributed by atoms with Gasteiger partial charge in [-0.05, 0) is 6.92 Å². The molecule has 1 aliphatic rings. The lowest BCUT2D eigenvalue weighted by Gasteiger charge is -2.29. The molecule has 0 saturated carbocycles. The Kier molecular flexibility index (Phi) is 3.01. The fraction of sp³-hybridized carbons (Fsp3) is 0.500. The summed E-state index contributed by atoms with van der Waals surface area (Å²) in [4.78, 5) is 13.7. The van der Waals surface area contributed by atoms with Crippen LogP contribution in [0.4, 0.5) is 5.82 Å². The first kappa shape index (κ1) is 11.8. The number of hydrogen-bond acceptors (Lipinski definition) is 4. The van der Waals surface area contributed by atoms with E-state index in [0.717, 1.165) is 23.6 Å². The highest BCUT2D eigenvalue weighted by Gasteiger charge is 2.24. The van der Waals surface area contributed by atoms with Crippen molar-refractivity contribution in [3.05, 3.63) is 11.3 Å². The molecule has 0 aliphatic carbocycles. The summed E-state index contributed by atoms with van der Waals surface area (Å²) >= 11 is 5.05. The van der Waals surface area contributed by atoms with Crippen molar-refractivity contribution in [2.45, 2.75) is 6.92 Å². The second-order valence-electron chi connectivity index (χ2n) is 4.04. The van der Waals surface area contributed by atoms with Crippen molar-refractivity contribution in [2.24, 2.45) is 12.8 Å². The maximum absolute atomic E-state index is 11.4. The number of carbonyl (C=O) groups excluding carboxylic acids is 1. The number of amides is 1. The third-order valence-electron chi connectivity index (χ3n) is 2.78. The van der Waals surface area contributed by atoms with E-state index in [1.165, 1.54) is 0 Å². The Morgan fingerprint density at radius 3 is 2.88 bits per heavy atom. The van der Waals surface area contributed by atoms with E-state index in [1.54, 1.807) is 4.68 Å². The Morgan fingerprint density at radius 1 is 1.59 bits per heavy atom. The second-order valence-corrected chi connectivity index (χ2v) is 4.48. The largest absolute Gasteiger partial charge is 0.389 e. The Labute approximate surface area is 105 Å². The fourth-order valence-electron chi connectivity index (χ4n) is 2.12. The number of aryl methyl sites for hydroxylation is 2. The predicted octanol–water partition coefficient (Wildman–Crippen LogP) is -0.701. The first-order valence-electron chi connectivity index (χ1n) is 5.35. The summed E-state index contributed by atoms with van der Waals surface area (Å²) in [5, 5.41) is 7.09.